The molecule has 1 aliphatic heterocycles. The standard InChI is InChI=1S/C31H50O/c1-9-29(21-12-15-25(2)3)22-14-20-27(5)17-11-10-16-26(4)18-13-19-28(6)23-24-30-31(7,8)32-30/h9,15-17,19,22,30H,1,10-14,18,20-21,23-24H2,2-8H3/b26-16+,27-17+,28-19+,29-22-. The Kier molecular flexibility index (Phi) is 13.6. The first-order chi connectivity index (χ1) is 15.1. The van der Waals surface area contributed by atoms with Crippen molar-refractivity contribution in [2.45, 2.75) is 124 Å². The van der Waals surface area contributed by atoms with Gasteiger partial charge in [0, 0.05) is 0 Å². The average molecular weight is 439 g/mol. The van der Waals surface area contributed by atoms with Crippen LogP contribution in [0.2, 0.25) is 0 Å². The molecular formula is C31H50O. The van der Waals surface area contributed by atoms with Crippen LogP contribution in [-0.4, -0.2) is 11.7 Å². The van der Waals surface area contributed by atoms with E-state index in [2.05, 4.69) is 85.4 Å². The summed E-state index contributed by atoms with van der Waals surface area (Å²) in [6.45, 7) is 19.5. The molecule has 1 heterocycles. The van der Waals surface area contributed by atoms with Crippen LogP contribution in [0.5, 0.6) is 0 Å². The normalized spacial score (nSPS) is 19.2. The Hall–Kier alpha value is -1.60. The van der Waals surface area contributed by atoms with E-state index < -0.39 is 0 Å². The molecule has 0 saturated carbocycles. The molecule has 1 nitrogen and oxygen atoms in total. The fourth-order valence-electron chi connectivity index (χ4n) is 3.91. The van der Waals surface area contributed by atoms with Crippen molar-refractivity contribution >= 4 is 0 Å². The molecule has 1 unspecified atom stereocenters. The first kappa shape index (κ1) is 28.4. The summed E-state index contributed by atoms with van der Waals surface area (Å²) in [6, 6.07) is 0. The molecule has 1 atom stereocenters. The summed E-state index contributed by atoms with van der Waals surface area (Å²) in [5, 5.41) is 0. The second-order valence-corrected chi connectivity index (χ2v) is 10.4. The molecule has 1 heteroatoms. The zero-order valence-electron chi connectivity index (χ0n) is 22.2. The maximum atomic E-state index is 5.68. The van der Waals surface area contributed by atoms with E-state index in [4.69, 9.17) is 4.74 Å². The topological polar surface area (TPSA) is 12.5 Å². The summed E-state index contributed by atoms with van der Waals surface area (Å²) in [5.41, 5.74) is 7.43. The molecule has 1 rings (SSSR count). The minimum atomic E-state index is 0.128. The Morgan fingerprint density at radius 2 is 1.16 bits per heavy atom. The lowest BCUT2D eigenvalue weighted by Gasteiger charge is -2.03. The van der Waals surface area contributed by atoms with Crippen molar-refractivity contribution in [3.05, 3.63) is 70.9 Å². The highest BCUT2D eigenvalue weighted by molar-refractivity contribution is 5.17. The van der Waals surface area contributed by atoms with Crippen LogP contribution >= 0.6 is 0 Å². The molecule has 1 fully saturated rings. The molecule has 0 radical (unpaired) electrons. The summed E-state index contributed by atoms with van der Waals surface area (Å²) in [4.78, 5) is 0. The van der Waals surface area contributed by atoms with E-state index in [9.17, 15) is 0 Å². The fourth-order valence-corrected chi connectivity index (χ4v) is 3.91. The van der Waals surface area contributed by atoms with Gasteiger partial charge < -0.3 is 4.74 Å². The monoisotopic (exact) mass is 438 g/mol. The molecule has 1 aliphatic rings. The fraction of sp³-hybridized carbons (Fsp3) is 0.613. The van der Waals surface area contributed by atoms with Crippen LogP contribution in [0.4, 0.5) is 0 Å². The lowest BCUT2D eigenvalue weighted by molar-refractivity contribution is 0.320. The van der Waals surface area contributed by atoms with Gasteiger partial charge in [-0.05, 0) is 113 Å². The molecule has 32 heavy (non-hydrogen) atoms. The smallest absolute Gasteiger partial charge is 0.0892 e. The minimum Gasteiger partial charge on any atom is -0.367 e. The Balaban J connectivity index is 2.21. The minimum absolute atomic E-state index is 0.128. The molecule has 0 spiro atoms. The first-order valence-electron chi connectivity index (χ1n) is 12.7. The molecule has 0 aromatic heterocycles. The van der Waals surface area contributed by atoms with Crippen molar-refractivity contribution in [3.8, 4) is 0 Å². The van der Waals surface area contributed by atoms with Gasteiger partial charge in [0.2, 0.25) is 0 Å². The van der Waals surface area contributed by atoms with Gasteiger partial charge in [-0.15, -0.1) is 0 Å². The number of rotatable bonds is 16. The van der Waals surface area contributed by atoms with Crippen LogP contribution in [0.15, 0.2) is 70.9 Å². The Morgan fingerprint density at radius 3 is 1.66 bits per heavy atom. The van der Waals surface area contributed by atoms with Gasteiger partial charge in [0.25, 0.3) is 0 Å². The number of hydrogen-bond donors (Lipinski definition) is 0. The van der Waals surface area contributed by atoms with Crippen molar-refractivity contribution in [3.63, 3.8) is 0 Å². The second kappa shape index (κ2) is 15.3. The molecule has 0 aromatic carbocycles. The molecule has 180 valence electrons. The highest BCUT2D eigenvalue weighted by Crippen LogP contribution is 2.38. The zero-order chi connectivity index (χ0) is 24.0. The molecular weight excluding hydrogens is 388 g/mol. The number of allylic oxidation sites excluding steroid dienone is 11. The van der Waals surface area contributed by atoms with Gasteiger partial charge in [0.1, 0.15) is 0 Å². The maximum absolute atomic E-state index is 5.68. The predicted molar refractivity (Wildman–Crippen MR) is 144 cm³/mol. The van der Waals surface area contributed by atoms with Gasteiger partial charge in [0.05, 0.1) is 11.7 Å². The van der Waals surface area contributed by atoms with Gasteiger partial charge in [0.15, 0.2) is 0 Å². The number of ether oxygens (including phenoxy) is 1. The maximum Gasteiger partial charge on any atom is 0.0892 e. The summed E-state index contributed by atoms with van der Waals surface area (Å²) >= 11 is 0. The van der Waals surface area contributed by atoms with Crippen molar-refractivity contribution in [2.24, 2.45) is 0 Å². The quantitative estimate of drug-likeness (QED) is 0.101. The third-order valence-corrected chi connectivity index (χ3v) is 6.34. The number of epoxide rings is 1. The van der Waals surface area contributed by atoms with Crippen LogP contribution in [0, 0.1) is 0 Å². The number of unbranched alkanes of at least 4 members (excludes halogenated alkanes) is 1. The SMILES string of the molecule is C=C/C(=C/CC/C(C)=C/CC/C=C(\C)CC/C=C(\C)CCC1OC1(C)C)CCC=C(C)C. The van der Waals surface area contributed by atoms with Gasteiger partial charge in [-0.1, -0.05) is 70.9 Å². The van der Waals surface area contributed by atoms with E-state index in [1.54, 1.807) is 0 Å². The predicted octanol–water partition coefficient (Wildman–Crippen LogP) is 9.98. The summed E-state index contributed by atoms with van der Waals surface area (Å²) < 4.78 is 5.68. The highest BCUT2D eigenvalue weighted by atomic mass is 16.6. The van der Waals surface area contributed by atoms with Crippen LogP contribution in [0.3, 0.4) is 0 Å². The van der Waals surface area contributed by atoms with Gasteiger partial charge in [-0.2, -0.15) is 0 Å². The number of hydrogen-bond acceptors (Lipinski definition) is 1. The van der Waals surface area contributed by atoms with Crippen molar-refractivity contribution in [1.29, 1.82) is 0 Å². The lowest BCUT2D eigenvalue weighted by atomic mass is 10.0. The highest BCUT2D eigenvalue weighted by Gasteiger charge is 2.46. The van der Waals surface area contributed by atoms with Gasteiger partial charge in [-0.25, -0.2) is 0 Å². The molecule has 0 bridgehead atoms. The Morgan fingerprint density at radius 1 is 0.688 bits per heavy atom. The molecule has 1 saturated heterocycles. The summed E-state index contributed by atoms with van der Waals surface area (Å²) in [6.07, 6.45) is 25.8. The van der Waals surface area contributed by atoms with E-state index in [1.165, 1.54) is 40.7 Å². The van der Waals surface area contributed by atoms with E-state index in [0.717, 1.165) is 51.4 Å². The molecule has 0 amide bonds. The van der Waals surface area contributed by atoms with E-state index in [0.29, 0.717) is 6.10 Å². The first-order valence-corrected chi connectivity index (χ1v) is 12.7. The van der Waals surface area contributed by atoms with Gasteiger partial charge in [-0.3, -0.25) is 0 Å². The van der Waals surface area contributed by atoms with Crippen molar-refractivity contribution < 1.29 is 4.74 Å². The van der Waals surface area contributed by atoms with Crippen LogP contribution in [-0.2, 0) is 4.74 Å². The average Bonchev–Trinajstić information content (AvgIpc) is 3.34. The van der Waals surface area contributed by atoms with Crippen LogP contribution in [0.1, 0.15) is 113 Å². The summed E-state index contributed by atoms with van der Waals surface area (Å²) in [5.74, 6) is 0. The van der Waals surface area contributed by atoms with E-state index in [-0.39, 0.29) is 5.60 Å². The third-order valence-electron chi connectivity index (χ3n) is 6.34. The molecule has 0 N–H and O–H groups in total. The van der Waals surface area contributed by atoms with Crippen molar-refractivity contribution in [2.75, 3.05) is 0 Å². The lowest BCUT2D eigenvalue weighted by Crippen LogP contribution is -2.02. The van der Waals surface area contributed by atoms with Crippen LogP contribution < -0.4 is 0 Å². The van der Waals surface area contributed by atoms with Crippen molar-refractivity contribution in [1.82, 2.24) is 0 Å². The molecule has 0 aliphatic carbocycles. The Labute approximate surface area is 200 Å². The van der Waals surface area contributed by atoms with E-state index in [1.807, 2.05) is 6.08 Å². The third kappa shape index (κ3) is 13.7. The largest absolute Gasteiger partial charge is 0.367 e. The van der Waals surface area contributed by atoms with Gasteiger partial charge >= 0.3 is 0 Å². The second-order valence-electron chi connectivity index (χ2n) is 10.4. The van der Waals surface area contributed by atoms with Crippen LogP contribution in [0.25, 0.3) is 0 Å². The zero-order valence-corrected chi connectivity index (χ0v) is 22.2. The summed E-state index contributed by atoms with van der Waals surface area (Å²) in [7, 11) is 0. The van der Waals surface area contributed by atoms with E-state index >= 15 is 0 Å². The Bertz CT molecular complexity index is 720. The molecule has 0 aromatic rings.